The van der Waals surface area contributed by atoms with E-state index in [1.807, 2.05) is 27.7 Å². The van der Waals surface area contributed by atoms with Crippen LogP contribution in [0.3, 0.4) is 0 Å². The van der Waals surface area contributed by atoms with Gasteiger partial charge in [0.15, 0.2) is 0 Å². The molecule has 1 unspecified atom stereocenters. The number of hydrogen-bond donors (Lipinski definition) is 0. The second kappa shape index (κ2) is 4.44. The summed E-state index contributed by atoms with van der Waals surface area (Å²) in [6, 6.07) is -0.766. The average molecular weight is 254 g/mol. The van der Waals surface area contributed by atoms with Crippen molar-refractivity contribution < 1.29 is 27.2 Å². The summed E-state index contributed by atoms with van der Waals surface area (Å²) in [5, 5.41) is 0. The first-order chi connectivity index (χ1) is 7.45. The molecule has 1 heterocycles. The highest BCUT2D eigenvalue weighted by atomic mass is 19.4. The molecule has 1 aliphatic heterocycles. The van der Waals surface area contributed by atoms with E-state index >= 15 is 0 Å². The lowest BCUT2D eigenvalue weighted by Gasteiger charge is -2.32. The molecular formula is C10H18BF3O3. The lowest BCUT2D eigenvalue weighted by molar-refractivity contribution is -0.178. The van der Waals surface area contributed by atoms with Gasteiger partial charge in [0.25, 0.3) is 0 Å². The van der Waals surface area contributed by atoms with Crippen LogP contribution in [0.4, 0.5) is 13.2 Å². The van der Waals surface area contributed by atoms with Crippen molar-refractivity contribution in [2.75, 3.05) is 6.61 Å². The lowest BCUT2D eigenvalue weighted by Crippen LogP contribution is -2.41. The second-order valence-electron chi connectivity index (χ2n) is 5.26. The van der Waals surface area contributed by atoms with Gasteiger partial charge in [0.2, 0.25) is 0 Å². The molecule has 1 atom stereocenters. The highest BCUT2D eigenvalue weighted by Gasteiger charge is 2.53. The van der Waals surface area contributed by atoms with Crippen LogP contribution in [0.1, 0.15) is 34.6 Å². The summed E-state index contributed by atoms with van der Waals surface area (Å²) in [6.07, 6.45) is -4.34. The molecule has 0 amide bonds. The van der Waals surface area contributed by atoms with E-state index in [9.17, 15) is 13.2 Å². The SMILES string of the molecule is CC(OCC(F)(F)F)B1OC(C)(C)C(C)(C)O1. The van der Waals surface area contributed by atoms with E-state index in [4.69, 9.17) is 14.0 Å². The Kier molecular flexibility index (Phi) is 3.87. The van der Waals surface area contributed by atoms with Gasteiger partial charge in [-0.3, -0.25) is 0 Å². The molecule has 0 saturated carbocycles. The van der Waals surface area contributed by atoms with Crippen LogP contribution in [0.2, 0.25) is 0 Å². The highest BCUT2D eigenvalue weighted by molar-refractivity contribution is 6.47. The fraction of sp³-hybridized carbons (Fsp3) is 1.00. The number of hydrogen-bond acceptors (Lipinski definition) is 3. The molecule has 1 rings (SSSR count). The van der Waals surface area contributed by atoms with Crippen molar-refractivity contribution in [3.8, 4) is 0 Å². The Balaban J connectivity index is 2.54. The smallest absolute Gasteiger partial charge is 0.402 e. The molecule has 0 aliphatic carbocycles. The van der Waals surface area contributed by atoms with Crippen LogP contribution in [-0.4, -0.2) is 37.1 Å². The van der Waals surface area contributed by atoms with Crippen LogP contribution in [0.5, 0.6) is 0 Å². The molecule has 0 aromatic heterocycles. The van der Waals surface area contributed by atoms with Gasteiger partial charge < -0.3 is 14.0 Å². The average Bonchev–Trinajstić information content (AvgIpc) is 2.31. The molecule has 0 N–H and O–H groups in total. The Hall–Kier alpha value is -0.265. The van der Waals surface area contributed by atoms with Gasteiger partial charge >= 0.3 is 13.3 Å². The predicted octanol–water partition coefficient (Wildman–Crippen LogP) is 2.59. The third-order valence-electron chi connectivity index (χ3n) is 3.16. The van der Waals surface area contributed by atoms with Gasteiger partial charge in [0, 0.05) is 0 Å². The van der Waals surface area contributed by atoms with Crippen LogP contribution in [0.25, 0.3) is 0 Å². The van der Waals surface area contributed by atoms with E-state index in [-0.39, 0.29) is 0 Å². The zero-order valence-electron chi connectivity index (χ0n) is 10.7. The van der Waals surface area contributed by atoms with Crippen molar-refractivity contribution >= 4 is 7.12 Å². The molecule has 0 aromatic carbocycles. The van der Waals surface area contributed by atoms with Crippen LogP contribution in [0.15, 0.2) is 0 Å². The maximum Gasteiger partial charge on any atom is 0.488 e. The van der Waals surface area contributed by atoms with Crippen LogP contribution >= 0.6 is 0 Å². The van der Waals surface area contributed by atoms with Gasteiger partial charge in [-0.25, -0.2) is 0 Å². The first kappa shape index (κ1) is 14.8. The molecular weight excluding hydrogens is 236 g/mol. The summed E-state index contributed by atoms with van der Waals surface area (Å²) in [5.74, 6) is 0. The fourth-order valence-corrected chi connectivity index (χ4v) is 1.38. The topological polar surface area (TPSA) is 27.7 Å². The van der Waals surface area contributed by atoms with Crippen molar-refractivity contribution in [1.29, 1.82) is 0 Å². The van der Waals surface area contributed by atoms with Crippen LogP contribution < -0.4 is 0 Å². The quantitative estimate of drug-likeness (QED) is 0.724. The Labute approximate surface area is 99.7 Å². The van der Waals surface area contributed by atoms with Crippen molar-refractivity contribution in [2.24, 2.45) is 0 Å². The molecule has 0 bridgehead atoms. The standard InChI is InChI=1S/C10H18BF3O3/c1-7(15-6-10(12,13)14)11-16-8(2,3)9(4,5)17-11/h7H,6H2,1-5H3. The monoisotopic (exact) mass is 254 g/mol. The van der Waals surface area contributed by atoms with Gasteiger partial charge in [-0.15, -0.1) is 0 Å². The molecule has 100 valence electrons. The third kappa shape index (κ3) is 3.59. The Morgan fingerprint density at radius 2 is 1.53 bits per heavy atom. The molecule has 0 aromatic rings. The van der Waals surface area contributed by atoms with Gasteiger partial charge in [0.05, 0.1) is 17.2 Å². The minimum atomic E-state index is -4.34. The highest BCUT2D eigenvalue weighted by Crippen LogP contribution is 2.37. The van der Waals surface area contributed by atoms with E-state index in [0.29, 0.717) is 0 Å². The van der Waals surface area contributed by atoms with E-state index in [1.165, 1.54) is 6.92 Å². The van der Waals surface area contributed by atoms with E-state index in [2.05, 4.69) is 0 Å². The van der Waals surface area contributed by atoms with Crippen molar-refractivity contribution in [3.05, 3.63) is 0 Å². The molecule has 7 heteroatoms. The zero-order chi connectivity index (χ0) is 13.5. The van der Waals surface area contributed by atoms with Gasteiger partial charge in [-0.05, 0) is 34.6 Å². The van der Waals surface area contributed by atoms with Crippen LogP contribution in [0, 0.1) is 0 Å². The Morgan fingerprint density at radius 3 is 1.88 bits per heavy atom. The van der Waals surface area contributed by atoms with Gasteiger partial charge in [-0.2, -0.15) is 13.2 Å². The molecule has 0 spiro atoms. The minimum Gasteiger partial charge on any atom is -0.402 e. The van der Waals surface area contributed by atoms with E-state index < -0.39 is 37.1 Å². The number of halogens is 3. The maximum atomic E-state index is 12.0. The van der Waals surface area contributed by atoms with Crippen LogP contribution in [-0.2, 0) is 14.0 Å². The van der Waals surface area contributed by atoms with Crippen molar-refractivity contribution in [1.82, 2.24) is 0 Å². The van der Waals surface area contributed by atoms with Gasteiger partial charge in [-0.1, -0.05) is 0 Å². The van der Waals surface area contributed by atoms with Crippen molar-refractivity contribution in [2.45, 2.75) is 58.0 Å². The molecule has 17 heavy (non-hydrogen) atoms. The predicted molar refractivity (Wildman–Crippen MR) is 57.6 cm³/mol. The molecule has 1 saturated heterocycles. The number of ether oxygens (including phenoxy) is 1. The second-order valence-corrected chi connectivity index (χ2v) is 5.26. The summed E-state index contributed by atoms with van der Waals surface area (Å²) < 4.78 is 51.9. The molecule has 1 aliphatic rings. The fourth-order valence-electron chi connectivity index (χ4n) is 1.38. The molecule has 3 nitrogen and oxygen atoms in total. The van der Waals surface area contributed by atoms with E-state index in [0.717, 1.165) is 0 Å². The number of rotatable bonds is 3. The Morgan fingerprint density at radius 1 is 1.12 bits per heavy atom. The minimum absolute atomic E-state index is 0.562. The largest absolute Gasteiger partial charge is 0.488 e. The first-order valence-electron chi connectivity index (χ1n) is 5.49. The zero-order valence-corrected chi connectivity index (χ0v) is 10.7. The molecule has 0 radical (unpaired) electrons. The first-order valence-corrected chi connectivity index (χ1v) is 5.49. The van der Waals surface area contributed by atoms with E-state index in [1.54, 1.807) is 0 Å². The summed E-state index contributed by atoms with van der Waals surface area (Å²) >= 11 is 0. The summed E-state index contributed by atoms with van der Waals surface area (Å²) in [7, 11) is -0.776. The lowest BCUT2D eigenvalue weighted by atomic mass is 9.82. The third-order valence-corrected chi connectivity index (χ3v) is 3.16. The number of alkyl halides is 3. The van der Waals surface area contributed by atoms with Gasteiger partial charge in [0.1, 0.15) is 6.61 Å². The summed E-state index contributed by atoms with van der Waals surface area (Å²) in [6.45, 7) is 7.56. The summed E-state index contributed by atoms with van der Waals surface area (Å²) in [5.41, 5.74) is -1.12. The normalized spacial score (nSPS) is 25.1. The summed E-state index contributed by atoms with van der Waals surface area (Å²) in [4.78, 5) is 0. The van der Waals surface area contributed by atoms with Crippen molar-refractivity contribution in [3.63, 3.8) is 0 Å². The molecule has 1 fully saturated rings. The maximum absolute atomic E-state index is 12.0. The Bertz CT molecular complexity index is 262.